The van der Waals surface area contributed by atoms with Crippen LogP contribution in [0.2, 0.25) is 0 Å². The minimum atomic E-state index is -0.386. The average molecular weight is 537 g/mol. The molecule has 0 spiro atoms. The van der Waals surface area contributed by atoms with Crippen LogP contribution in [-0.2, 0) is 6.42 Å². The maximum absolute atomic E-state index is 13.7. The van der Waals surface area contributed by atoms with Crippen LogP contribution in [0.4, 0.5) is 0 Å². The summed E-state index contributed by atoms with van der Waals surface area (Å²) in [5.74, 6) is 1.66. The van der Waals surface area contributed by atoms with Gasteiger partial charge in [0.05, 0.1) is 23.8 Å². The van der Waals surface area contributed by atoms with Crippen LogP contribution >= 0.6 is 0 Å². The maximum atomic E-state index is 13.7. The first-order chi connectivity index (χ1) is 19.5. The molecule has 0 saturated carbocycles. The summed E-state index contributed by atoms with van der Waals surface area (Å²) in [7, 11) is 0. The second-order valence-corrected chi connectivity index (χ2v) is 9.84. The van der Waals surface area contributed by atoms with Gasteiger partial charge in [-0.25, -0.2) is 9.97 Å². The molecule has 3 aliphatic rings. The number of ether oxygens (including phenoxy) is 2. The lowest BCUT2D eigenvalue weighted by Crippen LogP contribution is -2.40. The fourth-order valence-corrected chi connectivity index (χ4v) is 5.14. The van der Waals surface area contributed by atoms with Crippen LogP contribution in [0.25, 0.3) is 0 Å². The molecule has 0 saturated heterocycles. The van der Waals surface area contributed by atoms with Crippen molar-refractivity contribution in [3.05, 3.63) is 107 Å². The van der Waals surface area contributed by atoms with E-state index in [9.17, 15) is 14.7 Å². The maximum Gasteiger partial charge on any atom is 0.257 e. The second kappa shape index (κ2) is 10.7. The lowest BCUT2D eigenvalue weighted by Gasteiger charge is -2.38. The molecule has 0 fully saturated rings. The number of aromatic nitrogens is 2. The summed E-state index contributed by atoms with van der Waals surface area (Å²) in [6.07, 6.45) is 4.34. The minimum Gasteiger partial charge on any atom is -0.507 e. The zero-order valence-electron chi connectivity index (χ0n) is 22.0. The molecule has 2 N–H and O–H groups in total. The number of aromatic hydroxyl groups is 1. The number of rotatable bonds is 1. The molecule has 8 bridgehead atoms. The summed E-state index contributed by atoms with van der Waals surface area (Å²) in [5.41, 5.74) is 3.54. The molecule has 202 valence electrons. The molecule has 9 heteroatoms. The molecular weight excluding hydrogens is 508 g/mol. The van der Waals surface area contributed by atoms with E-state index in [-0.39, 0.29) is 29.2 Å². The first-order valence-electron chi connectivity index (χ1n) is 13.2. The first kappa shape index (κ1) is 25.4. The Balaban J connectivity index is 1.43. The van der Waals surface area contributed by atoms with Crippen molar-refractivity contribution in [3.63, 3.8) is 0 Å². The van der Waals surface area contributed by atoms with Gasteiger partial charge in [0, 0.05) is 25.5 Å². The van der Waals surface area contributed by atoms with Crippen molar-refractivity contribution in [2.24, 2.45) is 0 Å². The van der Waals surface area contributed by atoms with Crippen LogP contribution in [-0.4, -0.2) is 51.5 Å². The van der Waals surface area contributed by atoms with Gasteiger partial charge in [0.2, 0.25) is 0 Å². The van der Waals surface area contributed by atoms with Crippen molar-refractivity contribution < 1.29 is 24.2 Å². The Kier molecular flexibility index (Phi) is 6.77. The van der Waals surface area contributed by atoms with E-state index in [0.717, 1.165) is 16.7 Å². The molecule has 7 rings (SSSR count). The van der Waals surface area contributed by atoms with E-state index in [1.807, 2.05) is 47.4 Å². The Labute approximate surface area is 231 Å². The topological polar surface area (TPSA) is 114 Å². The summed E-state index contributed by atoms with van der Waals surface area (Å²) in [6.45, 7) is 3.03. The van der Waals surface area contributed by atoms with Gasteiger partial charge in [-0.15, -0.1) is 0 Å². The van der Waals surface area contributed by atoms with Crippen LogP contribution < -0.4 is 14.8 Å². The number of aryl methyl sites for hydroxylation is 1. The quantitative estimate of drug-likeness (QED) is 0.366. The van der Waals surface area contributed by atoms with Gasteiger partial charge in [0.25, 0.3) is 11.8 Å². The molecular formula is C31H28N4O5. The van der Waals surface area contributed by atoms with Crippen molar-refractivity contribution >= 4 is 11.8 Å². The van der Waals surface area contributed by atoms with Gasteiger partial charge in [-0.3, -0.25) is 9.59 Å². The smallest absolute Gasteiger partial charge is 0.257 e. The van der Waals surface area contributed by atoms with Gasteiger partial charge in [-0.1, -0.05) is 18.2 Å². The average Bonchev–Trinajstić information content (AvgIpc) is 2.97. The number of benzene rings is 3. The zero-order chi connectivity index (χ0) is 27.6. The Morgan fingerprint density at radius 3 is 2.67 bits per heavy atom. The third-order valence-corrected chi connectivity index (χ3v) is 7.13. The van der Waals surface area contributed by atoms with Crippen LogP contribution in [0.1, 0.15) is 55.7 Å². The Hall–Kier alpha value is -4.92. The van der Waals surface area contributed by atoms with Crippen LogP contribution in [0.3, 0.4) is 0 Å². The van der Waals surface area contributed by atoms with E-state index in [2.05, 4.69) is 15.3 Å². The third-order valence-electron chi connectivity index (χ3n) is 7.13. The summed E-state index contributed by atoms with van der Waals surface area (Å²) in [4.78, 5) is 36.7. The lowest BCUT2D eigenvalue weighted by molar-refractivity contribution is 0.0693. The molecule has 3 aliphatic heterocycles. The van der Waals surface area contributed by atoms with Crippen molar-refractivity contribution in [2.45, 2.75) is 25.8 Å². The molecule has 4 heterocycles. The SMILES string of the molecule is Cc1ncc(C(=O)N2CCc3cc4ccc3C2c2cccc(c2)OCCCNC(=O)c2cc(ccc2O)O4)cn1. The monoisotopic (exact) mass is 536 g/mol. The molecule has 2 amide bonds. The number of amides is 2. The van der Waals surface area contributed by atoms with Gasteiger partial charge in [0.15, 0.2) is 0 Å². The van der Waals surface area contributed by atoms with Crippen molar-refractivity contribution in [1.82, 2.24) is 20.2 Å². The van der Waals surface area contributed by atoms with Gasteiger partial charge in [-0.05, 0) is 78.9 Å². The molecule has 0 aliphatic carbocycles. The Bertz CT molecular complexity index is 1590. The second-order valence-electron chi connectivity index (χ2n) is 9.84. The highest BCUT2D eigenvalue weighted by Crippen LogP contribution is 2.39. The molecule has 9 nitrogen and oxygen atoms in total. The van der Waals surface area contributed by atoms with Crippen LogP contribution in [0, 0.1) is 6.92 Å². The highest BCUT2D eigenvalue weighted by Gasteiger charge is 2.33. The first-order valence-corrected chi connectivity index (χ1v) is 13.2. The van der Waals surface area contributed by atoms with E-state index < -0.39 is 0 Å². The number of hydrogen-bond acceptors (Lipinski definition) is 7. The molecule has 4 aromatic rings. The highest BCUT2D eigenvalue weighted by atomic mass is 16.5. The molecule has 1 aromatic heterocycles. The van der Waals surface area contributed by atoms with E-state index in [1.165, 1.54) is 12.1 Å². The minimum absolute atomic E-state index is 0.121. The Morgan fingerprint density at radius 1 is 1.02 bits per heavy atom. The predicted octanol–water partition coefficient (Wildman–Crippen LogP) is 4.58. The van der Waals surface area contributed by atoms with Crippen molar-refractivity contribution in [1.29, 1.82) is 0 Å². The number of hydrogen-bond donors (Lipinski definition) is 2. The lowest BCUT2D eigenvalue weighted by atomic mass is 9.87. The molecule has 40 heavy (non-hydrogen) atoms. The van der Waals surface area contributed by atoms with E-state index in [0.29, 0.717) is 61.2 Å². The van der Waals surface area contributed by atoms with E-state index >= 15 is 0 Å². The van der Waals surface area contributed by atoms with Crippen molar-refractivity contribution in [3.8, 4) is 23.0 Å². The fraction of sp³-hybridized carbons (Fsp3) is 0.226. The number of phenolic OH excluding ortho intramolecular Hbond substituents is 1. The number of phenols is 1. The number of nitrogens with one attached hydrogen (secondary N) is 1. The van der Waals surface area contributed by atoms with Gasteiger partial charge in [0.1, 0.15) is 28.8 Å². The van der Waals surface area contributed by atoms with Gasteiger partial charge >= 0.3 is 0 Å². The van der Waals surface area contributed by atoms with E-state index in [1.54, 1.807) is 25.4 Å². The highest BCUT2D eigenvalue weighted by molar-refractivity contribution is 5.97. The molecule has 3 aromatic carbocycles. The third kappa shape index (κ3) is 5.05. The fourth-order valence-electron chi connectivity index (χ4n) is 5.14. The summed E-state index contributed by atoms with van der Waals surface area (Å²) >= 11 is 0. The standard InChI is InChI=1S/C31H28N4O5/c1-19-33-17-22(18-34-19)31(38)35-12-10-20-14-24-6-8-26(20)29(35)21-4-2-5-23(15-21)39-13-3-11-32-30(37)27-16-25(40-24)7-9-28(27)36/h2,4-9,14-18,29,36H,3,10-13H2,1H3,(H,32,37). The number of carbonyl (C=O) groups is 2. The zero-order valence-corrected chi connectivity index (χ0v) is 22.0. The molecule has 1 atom stereocenters. The van der Waals surface area contributed by atoms with Crippen molar-refractivity contribution in [2.75, 3.05) is 19.7 Å². The van der Waals surface area contributed by atoms with Gasteiger partial charge in [-0.2, -0.15) is 0 Å². The Morgan fingerprint density at radius 2 is 1.82 bits per heavy atom. The normalized spacial score (nSPS) is 16.7. The van der Waals surface area contributed by atoms with Gasteiger partial charge < -0.3 is 24.8 Å². The summed E-state index contributed by atoms with van der Waals surface area (Å²) in [6, 6.07) is 17.8. The number of fused-ring (bicyclic) bond motifs is 6. The van der Waals surface area contributed by atoms with E-state index in [4.69, 9.17) is 9.47 Å². The summed E-state index contributed by atoms with van der Waals surface area (Å²) in [5, 5.41) is 13.1. The number of nitrogens with zero attached hydrogens (tertiary/aromatic N) is 3. The van der Waals surface area contributed by atoms with Crippen LogP contribution in [0.15, 0.2) is 73.1 Å². The molecule has 0 radical (unpaired) electrons. The largest absolute Gasteiger partial charge is 0.507 e. The number of carbonyl (C=O) groups excluding carboxylic acids is 2. The summed E-state index contributed by atoms with van der Waals surface area (Å²) < 4.78 is 12.1. The van der Waals surface area contributed by atoms with Crippen LogP contribution in [0.5, 0.6) is 23.0 Å². The molecule has 1 unspecified atom stereocenters. The predicted molar refractivity (Wildman–Crippen MR) is 147 cm³/mol.